The summed E-state index contributed by atoms with van der Waals surface area (Å²) in [5.41, 5.74) is 1.70. The third-order valence-corrected chi connectivity index (χ3v) is 4.20. The van der Waals surface area contributed by atoms with Crippen LogP contribution in [0.2, 0.25) is 0 Å². The maximum absolute atomic E-state index is 11.1. The molecule has 0 bridgehead atoms. The number of rotatable bonds is 7. The van der Waals surface area contributed by atoms with Crippen molar-refractivity contribution in [3.63, 3.8) is 0 Å². The second kappa shape index (κ2) is 7.53. The molecule has 0 heterocycles. The van der Waals surface area contributed by atoms with E-state index >= 15 is 0 Å². The van der Waals surface area contributed by atoms with E-state index in [1.54, 1.807) is 24.8 Å². The van der Waals surface area contributed by atoms with Gasteiger partial charge in [-0.1, -0.05) is 12.2 Å². The van der Waals surface area contributed by atoms with Gasteiger partial charge in [-0.2, -0.15) is 0 Å². The van der Waals surface area contributed by atoms with Crippen molar-refractivity contribution in [2.75, 3.05) is 21.3 Å². The fraction of sp³-hybridized carbons (Fsp3) is 0.500. The van der Waals surface area contributed by atoms with Gasteiger partial charge in [0.25, 0.3) is 0 Å². The number of hydrogen-bond donors (Lipinski definition) is 0. The van der Waals surface area contributed by atoms with E-state index in [9.17, 15) is 4.79 Å². The van der Waals surface area contributed by atoms with Crippen molar-refractivity contribution in [2.45, 2.75) is 13.3 Å². The standard InChI is InChI=1S/C10H18O4Si/c1-5-7-10(11)8-6-9-15(12-2,13-3)14-4/h5-7,9H,8H2,1-4H3. The Morgan fingerprint density at radius 1 is 1.20 bits per heavy atom. The summed E-state index contributed by atoms with van der Waals surface area (Å²) in [7, 11) is 1.91. The molecule has 0 aromatic carbocycles. The van der Waals surface area contributed by atoms with Gasteiger partial charge in [0.2, 0.25) is 0 Å². The Morgan fingerprint density at radius 3 is 2.13 bits per heavy atom. The lowest BCUT2D eigenvalue weighted by atomic mass is 10.3. The van der Waals surface area contributed by atoms with E-state index in [1.807, 2.05) is 0 Å². The average molecular weight is 230 g/mol. The van der Waals surface area contributed by atoms with Crippen LogP contribution in [0.25, 0.3) is 0 Å². The van der Waals surface area contributed by atoms with Gasteiger partial charge < -0.3 is 13.3 Å². The number of ketones is 1. The third kappa shape index (κ3) is 5.03. The molecule has 5 heteroatoms. The van der Waals surface area contributed by atoms with Gasteiger partial charge >= 0.3 is 8.80 Å². The zero-order valence-electron chi connectivity index (χ0n) is 9.65. The van der Waals surface area contributed by atoms with Gasteiger partial charge in [-0.25, -0.2) is 0 Å². The van der Waals surface area contributed by atoms with Crippen LogP contribution in [0.5, 0.6) is 0 Å². The molecule has 0 atom stereocenters. The monoisotopic (exact) mass is 230 g/mol. The Kier molecular flexibility index (Phi) is 7.15. The highest BCUT2D eigenvalue weighted by Gasteiger charge is 2.34. The van der Waals surface area contributed by atoms with Crippen LogP contribution < -0.4 is 0 Å². The molecule has 0 aliphatic carbocycles. The van der Waals surface area contributed by atoms with Gasteiger partial charge in [0.05, 0.1) is 0 Å². The zero-order chi connectivity index (χ0) is 11.7. The van der Waals surface area contributed by atoms with Gasteiger partial charge in [0.15, 0.2) is 5.78 Å². The van der Waals surface area contributed by atoms with Gasteiger partial charge in [-0.3, -0.25) is 4.79 Å². The molecule has 0 aromatic rings. The van der Waals surface area contributed by atoms with Crippen LogP contribution >= 0.6 is 0 Å². The minimum Gasteiger partial charge on any atom is -0.374 e. The highest BCUT2D eigenvalue weighted by molar-refractivity contribution is 6.66. The molecule has 0 aliphatic heterocycles. The van der Waals surface area contributed by atoms with Crippen molar-refractivity contribution in [3.8, 4) is 0 Å². The lowest BCUT2D eigenvalue weighted by Gasteiger charge is -2.20. The second-order valence-corrected chi connectivity index (χ2v) is 5.55. The number of carbonyl (C=O) groups is 1. The molecule has 4 nitrogen and oxygen atoms in total. The van der Waals surface area contributed by atoms with Crippen LogP contribution in [-0.4, -0.2) is 35.9 Å². The Labute approximate surface area is 91.9 Å². The predicted octanol–water partition coefficient (Wildman–Crippen LogP) is 1.50. The van der Waals surface area contributed by atoms with E-state index < -0.39 is 8.80 Å². The number of carbonyl (C=O) groups excluding carboxylic acids is 1. The first-order chi connectivity index (χ1) is 7.14. The van der Waals surface area contributed by atoms with E-state index in [-0.39, 0.29) is 5.78 Å². The number of allylic oxidation sites excluding steroid dienone is 3. The van der Waals surface area contributed by atoms with E-state index in [1.165, 1.54) is 27.4 Å². The Morgan fingerprint density at radius 2 is 1.73 bits per heavy atom. The van der Waals surface area contributed by atoms with Gasteiger partial charge in [-0.15, -0.1) is 0 Å². The van der Waals surface area contributed by atoms with Gasteiger partial charge in [-0.05, 0) is 18.7 Å². The highest BCUT2D eigenvalue weighted by atomic mass is 28.4. The normalized spacial score (nSPS) is 12.8. The van der Waals surface area contributed by atoms with Crippen molar-refractivity contribution >= 4 is 14.6 Å². The molecule has 0 aliphatic rings. The second-order valence-electron chi connectivity index (χ2n) is 2.79. The SMILES string of the molecule is CC=CC(=O)CC=C[Si](OC)(OC)OC. The topological polar surface area (TPSA) is 44.8 Å². The minimum absolute atomic E-state index is 0.0416. The summed E-state index contributed by atoms with van der Waals surface area (Å²) in [5.74, 6) is 0.0416. The molecule has 0 amide bonds. The molecule has 0 fully saturated rings. The van der Waals surface area contributed by atoms with E-state index in [0.29, 0.717) is 6.42 Å². The molecule has 0 radical (unpaired) electrons. The molecule has 0 unspecified atom stereocenters. The summed E-state index contributed by atoms with van der Waals surface area (Å²) in [6, 6.07) is 0. The molecule has 86 valence electrons. The predicted molar refractivity (Wildman–Crippen MR) is 60.4 cm³/mol. The Bertz CT molecular complexity index is 236. The molecule has 0 spiro atoms. The first-order valence-electron chi connectivity index (χ1n) is 4.62. The summed E-state index contributed by atoms with van der Waals surface area (Å²) in [5, 5.41) is 0. The maximum Gasteiger partial charge on any atom is 0.528 e. The molecule has 0 N–H and O–H groups in total. The van der Waals surface area contributed by atoms with Crippen LogP contribution in [0.1, 0.15) is 13.3 Å². The van der Waals surface area contributed by atoms with Crippen LogP contribution in [0.3, 0.4) is 0 Å². The Hall–Kier alpha value is -0.753. The van der Waals surface area contributed by atoms with Gasteiger partial charge in [0, 0.05) is 27.8 Å². The smallest absolute Gasteiger partial charge is 0.374 e. The van der Waals surface area contributed by atoms with Crippen molar-refractivity contribution in [3.05, 3.63) is 23.9 Å². The fourth-order valence-electron chi connectivity index (χ4n) is 1.03. The lowest BCUT2D eigenvalue weighted by molar-refractivity contribution is -0.113. The molecule has 0 saturated heterocycles. The third-order valence-electron chi connectivity index (χ3n) is 1.85. The average Bonchev–Trinajstić information content (AvgIpc) is 2.25. The van der Waals surface area contributed by atoms with Crippen LogP contribution in [-0.2, 0) is 18.1 Å². The van der Waals surface area contributed by atoms with Crippen molar-refractivity contribution in [1.29, 1.82) is 0 Å². The molecule has 0 saturated carbocycles. The first kappa shape index (κ1) is 14.2. The van der Waals surface area contributed by atoms with Crippen molar-refractivity contribution in [2.24, 2.45) is 0 Å². The van der Waals surface area contributed by atoms with E-state index in [4.69, 9.17) is 13.3 Å². The van der Waals surface area contributed by atoms with E-state index in [2.05, 4.69) is 0 Å². The summed E-state index contributed by atoms with van der Waals surface area (Å²) >= 11 is 0. The molecule has 15 heavy (non-hydrogen) atoms. The van der Waals surface area contributed by atoms with Crippen molar-refractivity contribution in [1.82, 2.24) is 0 Å². The molecular formula is C10H18O4Si. The summed E-state index contributed by atoms with van der Waals surface area (Å²) in [6.07, 6.45) is 5.28. The molecule has 0 rings (SSSR count). The first-order valence-corrected chi connectivity index (χ1v) is 6.43. The zero-order valence-corrected chi connectivity index (χ0v) is 10.6. The summed E-state index contributed by atoms with van der Waals surface area (Å²) in [4.78, 5) is 11.1. The van der Waals surface area contributed by atoms with Crippen molar-refractivity contribution < 1.29 is 18.1 Å². The largest absolute Gasteiger partial charge is 0.528 e. The molecular weight excluding hydrogens is 212 g/mol. The van der Waals surface area contributed by atoms with Crippen LogP contribution in [0.15, 0.2) is 23.9 Å². The number of hydrogen-bond acceptors (Lipinski definition) is 4. The quantitative estimate of drug-likeness (QED) is 0.491. The summed E-state index contributed by atoms with van der Waals surface area (Å²) < 4.78 is 15.5. The fourth-order valence-corrected chi connectivity index (χ4v) is 2.34. The van der Waals surface area contributed by atoms with Crippen LogP contribution in [0, 0.1) is 0 Å². The highest BCUT2D eigenvalue weighted by Crippen LogP contribution is 2.08. The molecule has 0 aromatic heterocycles. The minimum atomic E-state index is -2.66. The Balaban J connectivity index is 4.29. The lowest BCUT2D eigenvalue weighted by Crippen LogP contribution is -2.40. The van der Waals surface area contributed by atoms with E-state index in [0.717, 1.165) is 0 Å². The maximum atomic E-state index is 11.1. The summed E-state index contributed by atoms with van der Waals surface area (Å²) in [6.45, 7) is 1.81. The van der Waals surface area contributed by atoms with Gasteiger partial charge in [0.1, 0.15) is 0 Å². The van der Waals surface area contributed by atoms with Crippen LogP contribution in [0.4, 0.5) is 0 Å².